The van der Waals surface area contributed by atoms with Crippen LogP contribution in [0.4, 0.5) is 0 Å². The largest absolute Gasteiger partial charge is 0.465 e. The molecule has 0 saturated carbocycles. The second kappa shape index (κ2) is 7.91. The number of hydrogen-bond donors (Lipinski definition) is 1. The first-order chi connectivity index (χ1) is 8.69. The smallest absolute Gasteiger partial charge is 0.337 e. The highest BCUT2D eigenvalue weighted by atomic mass is 79.9. The predicted octanol–water partition coefficient (Wildman–Crippen LogP) is 2.74. The normalized spacial score (nSPS) is 9.83. The van der Waals surface area contributed by atoms with Gasteiger partial charge in [0, 0.05) is 17.4 Å². The van der Waals surface area contributed by atoms with Crippen LogP contribution in [0.2, 0.25) is 0 Å². The Morgan fingerprint density at radius 2 is 2.33 bits per heavy atom. The van der Waals surface area contributed by atoms with Gasteiger partial charge in [0.25, 0.3) is 0 Å². The molecule has 0 saturated heterocycles. The number of unbranched alkanes of at least 4 members (excludes halogenated alkanes) is 1. The van der Waals surface area contributed by atoms with Crippen molar-refractivity contribution in [3.05, 3.63) is 33.8 Å². The summed E-state index contributed by atoms with van der Waals surface area (Å²) in [5.74, 6) is 2.27. The number of terminal acetylenes is 1. The zero-order chi connectivity index (χ0) is 13.4. The molecule has 0 aliphatic heterocycles. The van der Waals surface area contributed by atoms with Gasteiger partial charge in [-0.25, -0.2) is 4.79 Å². The van der Waals surface area contributed by atoms with Gasteiger partial charge in [0.2, 0.25) is 0 Å². The third-order valence-electron chi connectivity index (χ3n) is 2.46. The van der Waals surface area contributed by atoms with E-state index in [1.54, 1.807) is 12.1 Å². The maximum atomic E-state index is 11.3. The number of esters is 1. The Balaban J connectivity index is 2.53. The highest BCUT2D eigenvalue weighted by Crippen LogP contribution is 2.19. The lowest BCUT2D eigenvalue weighted by molar-refractivity contribution is 0.0600. The molecule has 0 aliphatic carbocycles. The molecule has 18 heavy (non-hydrogen) atoms. The average molecular weight is 310 g/mol. The molecule has 1 N–H and O–H groups in total. The van der Waals surface area contributed by atoms with Gasteiger partial charge >= 0.3 is 5.97 Å². The van der Waals surface area contributed by atoms with Gasteiger partial charge in [0.15, 0.2) is 0 Å². The molecule has 1 aromatic rings. The second-order valence-electron chi connectivity index (χ2n) is 3.78. The number of carbonyl (C=O) groups is 1. The fourth-order valence-electron chi connectivity index (χ4n) is 1.47. The van der Waals surface area contributed by atoms with E-state index in [1.807, 2.05) is 6.07 Å². The van der Waals surface area contributed by atoms with Gasteiger partial charge in [-0.1, -0.05) is 22.0 Å². The molecule has 1 aromatic carbocycles. The Morgan fingerprint density at radius 1 is 1.56 bits per heavy atom. The summed E-state index contributed by atoms with van der Waals surface area (Å²) in [6.07, 6.45) is 6.93. The quantitative estimate of drug-likeness (QED) is 0.499. The van der Waals surface area contributed by atoms with Gasteiger partial charge in [-0.15, -0.1) is 12.3 Å². The third kappa shape index (κ3) is 4.52. The predicted molar refractivity (Wildman–Crippen MR) is 75.3 cm³/mol. The van der Waals surface area contributed by atoms with Gasteiger partial charge in [0.05, 0.1) is 12.7 Å². The SMILES string of the molecule is C#CCCCNCc1ccc(C(=O)OC)cc1Br. The molecule has 0 atom stereocenters. The van der Waals surface area contributed by atoms with Crippen LogP contribution in [0.15, 0.2) is 22.7 Å². The fourth-order valence-corrected chi connectivity index (χ4v) is 1.99. The Labute approximate surface area is 116 Å². The van der Waals surface area contributed by atoms with Gasteiger partial charge in [0.1, 0.15) is 0 Å². The van der Waals surface area contributed by atoms with Crippen LogP contribution in [0.3, 0.4) is 0 Å². The minimum absolute atomic E-state index is 0.329. The van der Waals surface area contributed by atoms with Gasteiger partial charge in [-0.3, -0.25) is 0 Å². The van der Waals surface area contributed by atoms with Crippen molar-refractivity contribution >= 4 is 21.9 Å². The van der Waals surface area contributed by atoms with E-state index in [2.05, 4.69) is 31.9 Å². The molecule has 0 spiro atoms. The number of halogens is 1. The molecular weight excluding hydrogens is 294 g/mol. The number of methoxy groups -OCH3 is 1. The number of benzene rings is 1. The molecule has 0 aromatic heterocycles. The summed E-state index contributed by atoms with van der Waals surface area (Å²) in [6.45, 7) is 1.63. The van der Waals surface area contributed by atoms with E-state index < -0.39 is 0 Å². The Bertz CT molecular complexity index is 452. The minimum Gasteiger partial charge on any atom is -0.465 e. The van der Waals surface area contributed by atoms with Crippen LogP contribution in [0.1, 0.15) is 28.8 Å². The number of ether oxygens (including phenoxy) is 1. The highest BCUT2D eigenvalue weighted by molar-refractivity contribution is 9.10. The van der Waals surface area contributed by atoms with Crippen molar-refractivity contribution in [1.29, 1.82) is 0 Å². The molecule has 0 unspecified atom stereocenters. The van der Waals surface area contributed by atoms with Gasteiger partial charge in [-0.05, 0) is 30.7 Å². The van der Waals surface area contributed by atoms with E-state index in [4.69, 9.17) is 6.42 Å². The zero-order valence-electron chi connectivity index (χ0n) is 10.3. The maximum absolute atomic E-state index is 11.3. The lowest BCUT2D eigenvalue weighted by Crippen LogP contribution is -2.15. The summed E-state index contributed by atoms with van der Waals surface area (Å²) >= 11 is 3.45. The summed E-state index contributed by atoms with van der Waals surface area (Å²) in [7, 11) is 1.37. The monoisotopic (exact) mass is 309 g/mol. The molecule has 0 amide bonds. The number of rotatable bonds is 6. The number of carbonyl (C=O) groups excluding carboxylic acids is 1. The molecule has 0 radical (unpaired) electrons. The summed E-state index contributed by atoms with van der Waals surface area (Å²) in [5, 5.41) is 3.30. The lowest BCUT2D eigenvalue weighted by atomic mass is 10.1. The van der Waals surface area contributed by atoms with Crippen LogP contribution >= 0.6 is 15.9 Å². The second-order valence-corrected chi connectivity index (χ2v) is 4.64. The van der Waals surface area contributed by atoms with Crippen LogP contribution < -0.4 is 5.32 Å². The van der Waals surface area contributed by atoms with E-state index >= 15 is 0 Å². The van der Waals surface area contributed by atoms with Crippen molar-refractivity contribution in [2.45, 2.75) is 19.4 Å². The molecule has 0 fully saturated rings. The van der Waals surface area contributed by atoms with Crippen molar-refractivity contribution in [2.75, 3.05) is 13.7 Å². The summed E-state index contributed by atoms with van der Waals surface area (Å²) in [6, 6.07) is 5.43. The molecule has 96 valence electrons. The molecule has 3 nitrogen and oxygen atoms in total. The van der Waals surface area contributed by atoms with E-state index in [-0.39, 0.29) is 5.97 Å². The first kappa shape index (κ1) is 14.7. The molecule has 1 rings (SSSR count). The first-order valence-corrected chi connectivity index (χ1v) is 6.49. The molecular formula is C14H16BrNO2. The maximum Gasteiger partial charge on any atom is 0.337 e. The molecule has 4 heteroatoms. The lowest BCUT2D eigenvalue weighted by Gasteiger charge is -2.07. The first-order valence-electron chi connectivity index (χ1n) is 5.70. The van der Waals surface area contributed by atoms with Crippen LogP contribution in [0, 0.1) is 12.3 Å². The average Bonchev–Trinajstić information content (AvgIpc) is 2.39. The number of hydrogen-bond acceptors (Lipinski definition) is 3. The van der Waals surface area contributed by atoms with E-state index in [0.29, 0.717) is 5.56 Å². The van der Waals surface area contributed by atoms with Gasteiger partial charge < -0.3 is 10.1 Å². The minimum atomic E-state index is -0.329. The fraction of sp³-hybridized carbons (Fsp3) is 0.357. The summed E-state index contributed by atoms with van der Waals surface area (Å²) in [4.78, 5) is 11.3. The molecule has 0 aliphatic rings. The Morgan fingerprint density at radius 3 is 2.94 bits per heavy atom. The van der Waals surface area contributed by atoms with Crippen molar-refractivity contribution in [3.63, 3.8) is 0 Å². The Kier molecular flexibility index (Phi) is 6.48. The Hall–Kier alpha value is -1.31. The summed E-state index contributed by atoms with van der Waals surface area (Å²) < 4.78 is 5.56. The highest BCUT2D eigenvalue weighted by Gasteiger charge is 2.07. The standard InChI is InChI=1S/C14H16BrNO2/c1-3-4-5-8-16-10-12-7-6-11(9-13(12)15)14(17)18-2/h1,6-7,9,16H,4-5,8,10H2,2H3. The third-order valence-corrected chi connectivity index (χ3v) is 3.20. The van der Waals surface area contributed by atoms with Crippen molar-refractivity contribution < 1.29 is 9.53 Å². The summed E-state index contributed by atoms with van der Waals surface area (Å²) in [5.41, 5.74) is 1.64. The zero-order valence-corrected chi connectivity index (χ0v) is 11.9. The molecule has 0 heterocycles. The van der Waals surface area contributed by atoms with E-state index in [1.165, 1.54) is 7.11 Å². The topological polar surface area (TPSA) is 38.3 Å². The van der Waals surface area contributed by atoms with Crippen LogP contribution in [-0.2, 0) is 11.3 Å². The van der Waals surface area contributed by atoms with E-state index in [9.17, 15) is 4.79 Å². The van der Waals surface area contributed by atoms with Crippen LogP contribution in [0.5, 0.6) is 0 Å². The van der Waals surface area contributed by atoms with Crippen molar-refractivity contribution in [3.8, 4) is 12.3 Å². The van der Waals surface area contributed by atoms with Gasteiger partial charge in [-0.2, -0.15) is 0 Å². The van der Waals surface area contributed by atoms with Crippen molar-refractivity contribution in [1.82, 2.24) is 5.32 Å². The van der Waals surface area contributed by atoms with Crippen molar-refractivity contribution in [2.24, 2.45) is 0 Å². The number of nitrogens with one attached hydrogen (secondary N) is 1. The van der Waals surface area contributed by atoms with Crippen LogP contribution in [0.25, 0.3) is 0 Å². The molecule has 0 bridgehead atoms. The van der Waals surface area contributed by atoms with E-state index in [0.717, 1.165) is 36.0 Å². The van der Waals surface area contributed by atoms with Crippen LogP contribution in [-0.4, -0.2) is 19.6 Å².